The van der Waals surface area contributed by atoms with Crippen molar-refractivity contribution in [1.82, 2.24) is 10.2 Å². The van der Waals surface area contributed by atoms with Gasteiger partial charge < -0.3 is 10.2 Å². The molecular weight excluding hydrogens is 172 g/mol. The molecule has 1 aliphatic heterocycles. The van der Waals surface area contributed by atoms with E-state index in [4.69, 9.17) is 0 Å². The Morgan fingerprint density at radius 1 is 1.29 bits per heavy atom. The average Bonchev–Trinajstić information content (AvgIpc) is 2.11. The first-order valence-corrected chi connectivity index (χ1v) is 6.01. The lowest BCUT2D eigenvalue weighted by Gasteiger charge is -2.38. The SMILES string of the molecule is CNCCCCN1CCCC(C)(C)C1. The Bertz CT molecular complexity index is 154. The second-order valence-corrected chi connectivity index (χ2v) is 5.35. The second kappa shape index (κ2) is 5.72. The maximum atomic E-state index is 3.20. The highest BCUT2D eigenvalue weighted by Gasteiger charge is 2.25. The molecular formula is C12H26N2. The summed E-state index contributed by atoms with van der Waals surface area (Å²) >= 11 is 0. The Kier molecular flexibility index (Phi) is 4.90. The predicted molar refractivity (Wildman–Crippen MR) is 62.6 cm³/mol. The fourth-order valence-electron chi connectivity index (χ4n) is 2.37. The zero-order valence-electron chi connectivity index (χ0n) is 10.1. The number of nitrogens with zero attached hydrogens (tertiary/aromatic N) is 1. The third kappa shape index (κ3) is 4.43. The van der Waals surface area contributed by atoms with Crippen molar-refractivity contribution < 1.29 is 0 Å². The maximum absolute atomic E-state index is 3.20. The quantitative estimate of drug-likeness (QED) is 0.681. The standard InChI is InChI=1S/C12H26N2/c1-12(2)7-6-10-14(11-12)9-5-4-8-13-3/h13H,4-11H2,1-3H3. The number of hydrogen-bond acceptors (Lipinski definition) is 2. The molecule has 0 aromatic rings. The molecule has 1 fully saturated rings. The van der Waals surface area contributed by atoms with E-state index < -0.39 is 0 Å². The molecule has 2 nitrogen and oxygen atoms in total. The lowest BCUT2D eigenvalue weighted by atomic mass is 9.84. The largest absolute Gasteiger partial charge is 0.320 e. The molecule has 0 aromatic heterocycles. The van der Waals surface area contributed by atoms with Crippen LogP contribution in [0, 0.1) is 5.41 Å². The highest BCUT2D eigenvalue weighted by molar-refractivity contribution is 4.79. The minimum atomic E-state index is 0.557. The van der Waals surface area contributed by atoms with Gasteiger partial charge in [-0.2, -0.15) is 0 Å². The van der Waals surface area contributed by atoms with Gasteiger partial charge in [-0.25, -0.2) is 0 Å². The Morgan fingerprint density at radius 3 is 2.71 bits per heavy atom. The van der Waals surface area contributed by atoms with Crippen LogP contribution in [0.25, 0.3) is 0 Å². The van der Waals surface area contributed by atoms with Crippen molar-refractivity contribution >= 4 is 0 Å². The predicted octanol–water partition coefficient (Wildman–Crippen LogP) is 2.11. The summed E-state index contributed by atoms with van der Waals surface area (Å²) in [4.78, 5) is 2.64. The van der Waals surface area contributed by atoms with Gasteiger partial charge in [0, 0.05) is 6.54 Å². The van der Waals surface area contributed by atoms with Crippen molar-refractivity contribution in [2.24, 2.45) is 5.41 Å². The molecule has 0 unspecified atom stereocenters. The van der Waals surface area contributed by atoms with Crippen LogP contribution in [0.4, 0.5) is 0 Å². The van der Waals surface area contributed by atoms with E-state index in [1.54, 1.807) is 0 Å². The van der Waals surface area contributed by atoms with Crippen LogP contribution in [0.3, 0.4) is 0 Å². The van der Waals surface area contributed by atoms with Gasteiger partial charge in [0.1, 0.15) is 0 Å². The van der Waals surface area contributed by atoms with Gasteiger partial charge in [-0.15, -0.1) is 0 Å². The zero-order valence-corrected chi connectivity index (χ0v) is 10.1. The van der Waals surface area contributed by atoms with Gasteiger partial charge in [0.25, 0.3) is 0 Å². The summed E-state index contributed by atoms with van der Waals surface area (Å²) in [7, 11) is 2.03. The lowest BCUT2D eigenvalue weighted by molar-refractivity contribution is 0.116. The topological polar surface area (TPSA) is 15.3 Å². The third-order valence-electron chi connectivity index (χ3n) is 3.13. The van der Waals surface area contributed by atoms with Crippen LogP contribution in [-0.2, 0) is 0 Å². The molecule has 1 heterocycles. The van der Waals surface area contributed by atoms with Crippen LogP contribution in [0.1, 0.15) is 39.5 Å². The number of hydrogen-bond donors (Lipinski definition) is 1. The summed E-state index contributed by atoms with van der Waals surface area (Å²) in [5.41, 5.74) is 0.557. The molecule has 1 N–H and O–H groups in total. The van der Waals surface area contributed by atoms with E-state index >= 15 is 0 Å². The summed E-state index contributed by atoms with van der Waals surface area (Å²) in [6.45, 7) is 9.87. The monoisotopic (exact) mass is 198 g/mol. The van der Waals surface area contributed by atoms with Crippen molar-refractivity contribution in [2.75, 3.05) is 33.2 Å². The number of likely N-dealkylation sites (tertiary alicyclic amines) is 1. The van der Waals surface area contributed by atoms with E-state index in [0.29, 0.717) is 5.41 Å². The van der Waals surface area contributed by atoms with E-state index in [0.717, 1.165) is 6.54 Å². The molecule has 0 saturated carbocycles. The van der Waals surface area contributed by atoms with E-state index in [1.807, 2.05) is 7.05 Å². The number of rotatable bonds is 5. The summed E-state index contributed by atoms with van der Waals surface area (Å²) in [5, 5.41) is 3.20. The molecule has 0 amide bonds. The van der Waals surface area contributed by atoms with E-state index in [9.17, 15) is 0 Å². The van der Waals surface area contributed by atoms with Crippen LogP contribution in [-0.4, -0.2) is 38.1 Å². The normalized spacial score (nSPS) is 22.5. The maximum Gasteiger partial charge on any atom is 0.00327 e. The second-order valence-electron chi connectivity index (χ2n) is 5.35. The fraction of sp³-hybridized carbons (Fsp3) is 1.00. The Labute approximate surface area is 89.1 Å². The molecule has 0 spiro atoms. The number of nitrogens with one attached hydrogen (secondary N) is 1. The van der Waals surface area contributed by atoms with Gasteiger partial charge >= 0.3 is 0 Å². The number of unbranched alkanes of at least 4 members (excludes halogenated alkanes) is 1. The molecule has 84 valence electrons. The Hall–Kier alpha value is -0.0800. The van der Waals surface area contributed by atoms with E-state index in [1.165, 1.54) is 45.3 Å². The lowest BCUT2D eigenvalue weighted by Crippen LogP contribution is -2.40. The van der Waals surface area contributed by atoms with Crippen LogP contribution in [0.5, 0.6) is 0 Å². The van der Waals surface area contributed by atoms with Gasteiger partial charge in [-0.1, -0.05) is 13.8 Å². The Morgan fingerprint density at radius 2 is 2.07 bits per heavy atom. The molecule has 2 heteroatoms. The Balaban J connectivity index is 2.12. The van der Waals surface area contributed by atoms with E-state index in [-0.39, 0.29) is 0 Å². The molecule has 0 aromatic carbocycles. The van der Waals surface area contributed by atoms with Crippen molar-refractivity contribution in [3.63, 3.8) is 0 Å². The van der Waals surface area contributed by atoms with Crippen molar-refractivity contribution in [1.29, 1.82) is 0 Å². The summed E-state index contributed by atoms with van der Waals surface area (Å²) in [6, 6.07) is 0. The highest BCUT2D eigenvalue weighted by Crippen LogP contribution is 2.28. The summed E-state index contributed by atoms with van der Waals surface area (Å²) in [6.07, 6.45) is 5.45. The van der Waals surface area contributed by atoms with Crippen LogP contribution in [0.15, 0.2) is 0 Å². The molecule has 14 heavy (non-hydrogen) atoms. The number of piperidine rings is 1. The first-order chi connectivity index (χ1) is 6.64. The highest BCUT2D eigenvalue weighted by atomic mass is 15.1. The van der Waals surface area contributed by atoms with Crippen LogP contribution >= 0.6 is 0 Å². The smallest absolute Gasteiger partial charge is 0.00327 e. The van der Waals surface area contributed by atoms with Crippen molar-refractivity contribution in [2.45, 2.75) is 39.5 Å². The van der Waals surface area contributed by atoms with E-state index in [2.05, 4.69) is 24.1 Å². The first-order valence-electron chi connectivity index (χ1n) is 6.01. The zero-order chi connectivity index (χ0) is 10.4. The molecule has 1 aliphatic rings. The fourth-order valence-corrected chi connectivity index (χ4v) is 2.37. The van der Waals surface area contributed by atoms with Gasteiger partial charge in [0.15, 0.2) is 0 Å². The molecule has 1 saturated heterocycles. The average molecular weight is 198 g/mol. The molecule has 0 bridgehead atoms. The van der Waals surface area contributed by atoms with Gasteiger partial charge in [0.2, 0.25) is 0 Å². The summed E-state index contributed by atoms with van der Waals surface area (Å²) < 4.78 is 0. The van der Waals surface area contributed by atoms with Gasteiger partial charge in [-0.05, 0) is 57.8 Å². The first kappa shape index (κ1) is 12.0. The van der Waals surface area contributed by atoms with Crippen LogP contribution < -0.4 is 5.32 Å². The van der Waals surface area contributed by atoms with Gasteiger partial charge in [0.05, 0.1) is 0 Å². The van der Waals surface area contributed by atoms with Crippen molar-refractivity contribution in [3.05, 3.63) is 0 Å². The van der Waals surface area contributed by atoms with Crippen molar-refractivity contribution in [3.8, 4) is 0 Å². The third-order valence-corrected chi connectivity index (χ3v) is 3.13. The summed E-state index contributed by atoms with van der Waals surface area (Å²) in [5.74, 6) is 0. The molecule has 1 rings (SSSR count). The molecule has 0 aliphatic carbocycles. The molecule has 0 atom stereocenters. The minimum absolute atomic E-state index is 0.557. The molecule has 0 radical (unpaired) electrons. The minimum Gasteiger partial charge on any atom is -0.320 e. The van der Waals surface area contributed by atoms with Crippen LogP contribution in [0.2, 0.25) is 0 Å². The van der Waals surface area contributed by atoms with Gasteiger partial charge in [-0.3, -0.25) is 0 Å².